The standard InChI is InChI=1S/C20H21N3O2S/c1-13-9-10-17(11-14(13)2)15(3)21-18(24)12-26-20-23-22-19(25-20)16-7-5-4-6-8-16/h4-11,15H,12H2,1-3H3,(H,21,24)/t15-/m0/s1. The molecule has 0 unspecified atom stereocenters. The quantitative estimate of drug-likeness (QED) is 0.657. The Hall–Kier alpha value is -2.60. The van der Waals surface area contributed by atoms with Gasteiger partial charge < -0.3 is 9.73 Å². The summed E-state index contributed by atoms with van der Waals surface area (Å²) in [5.74, 6) is 0.614. The molecule has 5 nitrogen and oxygen atoms in total. The molecule has 3 aromatic rings. The average Bonchev–Trinajstić information content (AvgIpc) is 3.12. The molecule has 0 aliphatic heterocycles. The van der Waals surface area contributed by atoms with E-state index in [4.69, 9.17) is 4.42 Å². The van der Waals surface area contributed by atoms with Crippen LogP contribution in [0.5, 0.6) is 0 Å². The Labute approximate surface area is 157 Å². The van der Waals surface area contributed by atoms with Crippen LogP contribution in [0.15, 0.2) is 58.2 Å². The van der Waals surface area contributed by atoms with Gasteiger partial charge in [0.1, 0.15) is 0 Å². The van der Waals surface area contributed by atoms with Crippen molar-refractivity contribution in [3.63, 3.8) is 0 Å². The van der Waals surface area contributed by atoms with E-state index in [0.717, 1.165) is 11.1 Å². The van der Waals surface area contributed by atoms with Gasteiger partial charge in [0.25, 0.3) is 5.22 Å². The zero-order chi connectivity index (χ0) is 18.5. The third-order valence-electron chi connectivity index (χ3n) is 4.16. The second-order valence-electron chi connectivity index (χ2n) is 6.16. The largest absolute Gasteiger partial charge is 0.411 e. The fraction of sp³-hybridized carbons (Fsp3) is 0.250. The molecule has 6 heteroatoms. The molecule has 0 aliphatic carbocycles. The van der Waals surface area contributed by atoms with Crippen LogP contribution in [-0.2, 0) is 4.79 Å². The number of benzene rings is 2. The summed E-state index contributed by atoms with van der Waals surface area (Å²) < 4.78 is 5.60. The second-order valence-corrected chi connectivity index (χ2v) is 7.09. The normalized spacial score (nSPS) is 12.0. The van der Waals surface area contributed by atoms with Crippen molar-refractivity contribution in [2.24, 2.45) is 0 Å². The van der Waals surface area contributed by atoms with Crippen molar-refractivity contribution in [1.29, 1.82) is 0 Å². The molecule has 0 saturated carbocycles. The predicted molar refractivity (Wildman–Crippen MR) is 103 cm³/mol. The molecule has 1 aromatic heterocycles. The first-order valence-corrected chi connectivity index (χ1v) is 9.39. The molecule has 26 heavy (non-hydrogen) atoms. The van der Waals surface area contributed by atoms with Crippen molar-refractivity contribution in [2.75, 3.05) is 5.75 Å². The molecule has 2 aromatic carbocycles. The summed E-state index contributed by atoms with van der Waals surface area (Å²) in [5, 5.41) is 11.4. The third-order valence-corrected chi connectivity index (χ3v) is 4.98. The highest BCUT2D eigenvalue weighted by atomic mass is 32.2. The predicted octanol–water partition coefficient (Wildman–Crippen LogP) is 4.32. The maximum absolute atomic E-state index is 12.2. The number of aryl methyl sites for hydroxylation is 2. The number of carbonyl (C=O) groups is 1. The van der Waals surface area contributed by atoms with Crippen LogP contribution in [0.25, 0.3) is 11.5 Å². The summed E-state index contributed by atoms with van der Waals surface area (Å²) in [4.78, 5) is 12.2. The third kappa shape index (κ3) is 4.52. The first-order chi connectivity index (χ1) is 12.5. The highest BCUT2D eigenvalue weighted by Gasteiger charge is 2.13. The van der Waals surface area contributed by atoms with Gasteiger partial charge in [-0.15, -0.1) is 10.2 Å². The summed E-state index contributed by atoms with van der Waals surface area (Å²) in [6.07, 6.45) is 0. The molecule has 1 heterocycles. The highest BCUT2D eigenvalue weighted by Crippen LogP contribution is 2.23. The van der Waals surface area contributed by atoms with Gasteiger partial charge in [-0.25, -0.2) is 0 Å². The van der Waals surface area contributed by atoms with Crippen molar-refractivity contribution in [2.45, 2.75) is 32.0 Å². The zero-order valence-electron chi connectivity index (χ0n) is 15.0. The van der Waals surface area contributed by atoms with Crippen LogP contribution in [0.3, 0.4) is 0 Å². The Morgan fingerprint density at radius 1 is 1.12 bits per heavy atom. The van der Waals surface area contributed by atoms with Gasteiger partial charge in [-0.05, 0) is 49.6 Å². The van der Waals surface area contributed by atoms with Crippen molar-refractivity contribution in [1.82, 2.24) is 15.5 Å². The molecule has 3 rings (SSSR count). The number of aromatic nitrogens is 2. The summed E-state index contributed by atoms with van der Waals surface area (Å²) in [5.41, 5.74) is 4.42. The van der Waals surface area contributed by atoms with Crippen LogP contribution < -0.4 is 5.32 Å². The number of carbonyl (C=O) groups excluding carboxylic acids is 1. The topological polar surface area (TPSA) is 68.0 Å². The molecule has 0 spiro atoms. The highest BCUT2D eigenvalue weighted by molar-refractivity contribution is 7.99. The van der Waals surface area contributed by atoms with Crippen LogP contribution >= 0.6 is 11.8 Å². The zero-order valence-corrected chi connectivity index (χ0v) is 15.8. The Morgan fingerprint density at radius 2 is 1.88 bits per heavy atom. The number of nitrogens with zero attached hydrogens (tertiary/aromatic N) is 2. The maximum atomic E-state index is 12.2. The SMILES string of the molecule is Cc1ccc([C@H](C)NC(=O)CSc2nnc(-c3ccccc3)o2)cc1C. The van der Waals surface area contributed by atoms with Gasteiger partial charge in [0, 0.05) is 5.56 Å². The van der Waals surface area contributed by atoms with E-state index in [1.54, 1.807) is 0 Å². The first kappa shape index (κ1) is 18.2. The Bertz CT molecular complexity index is 893. The number of amides is 1. The molecular formula is C20H21N3O2S. The molecule has 0 aliphatic rings. The van der Waals surface area contributed by atoms with E-state index >= 15 is 0 Å². The van der Waals surface area contributed by atoms with E-state index in [1.807, 2.05) is 43.3 Å². The van der Waals surface area contributed by atoms with E-state index in [-0.39, 0.29) is 17.7 Å². The molecule has 0 radical (unpaired) electrons. The second kappa shape index (κ2) is 8.19. The number of hydrogen-bond acceptors (Lipinski definition) is 5. The summed E-state index contributed by atoms with van der Waals surface area (Å²) in [6.45, 7) is 6.13. The van der Waals surface area contributed by atoms with Gasteiger partial charge >= 0.3 is 0 Å². The molecule has 0 bridgehead atoms. The van der Waals surface area contributed by atoms with Crippen molar-refractivity contribution >= 4 is 17.7 Å². The maximum Gasteiger partial charge on any atom is 0.277 e. The van der Waals surface area contributed by atoms with E-state index in [1.165, 1.54) is 22.9 Å². The minimum Gasteiger partial charge on any atom is -0.411 e. The fourth-order valence-corrected chi connectivity index (χ4v) is 3.07. The summed E-state index contributed by atoms with van der Waals surface area (Å²) >= 11 is 1.23. The van der Waals surface area contributed by atoms with E-state index in [0.29, 0.717) is 11.1 Å². The fourth-order valence-electron chi connectivity index (χ4n) is 2.49. The number of nitrogens with one attached hydrogen (secondary N) is 1. The summed E-state index contributed by atoms with van der Waals surface area (Å²) in [7, 11) is 0. The monoisotopic (exact) mass is 367 g/mol. The number of hydrogen-bond donors (Lipinski definition) is 1. The average molecular weight is 367 g/mol. The summed E-state index contributed by atoms with van der Waals surface area (Å²) in [6, 6.07) is 15.7. The van der Waals surface area contributed by atoms with Crippen LogP contribution in [-0.4, -0.2) is 21.9 Å². The van der Waals surface area contributed by atoms with Gasteiger partial charge in [-0.1, -0.05) is 48.2 Å². The lowest BCUT2D eigenvalue weighted by atomic mass is 10.0. The lowest BCUT2D eigenvalue weighted by Gasteiger charge is -2.15. The molecule has 134 valence electrons. The first-order valence-electron chi connectivity index (χ1n) is 8.41. The minimum atomic E-state index is -0.0693. The van der Waals surface area contributed by atoms with Gasteiger partial charge in [-0.2, -0.15) is 0 Å². The van der Waals surface area contributed by atoms with Crippen LogP contribution in [0.4, 0.5) is 0 Å². The van der Waals surface area contributed by atoms with Gasteiger partial charge in [0.05, 0.1) is 11.8 Å². The van der Waals surface area contributed by atoms with Gasteiger partial charge in [-0.3, -0.25) is 4.79 Å². The smallest absolute Gasteiger partial charge is 0.277 e. The van der Waals surface area contributed by atoms with Gasteiger partial charge in [0.2, 0.25) is 11.8 Å². The van der Waals surface area contributed by atoms with E-state index < -0.39 is 0 Å². The van der Waals surface area contributed by atoms with E-state index in [9.17, 15) is 4.79 Å². The molecule has 0 saturated heterocycles. The Morgan fingerprint density at radius 3 is 2.62 bits per heavy atom. The lowest BCUT2D eigenvalue weighted by Crippen LogP contribution is -2.28. The number of thioether (sulfide) groups is 1. The number of rotatable bonds is 6. The van der Waals surface area contributed by atoms with E-state index in [2.05, 4.69) is 41.5 Å². The van der Waals surface area contributed by atoms with Gasteiger partial charge in [0.15, 0.2) is 0 Å². The Kier molecular flexibility index (Phi) is 5.73. The van der Waals surface area contributed by atoms with Crippen LogP contribution in [0.2, 0.25) is 0 Å². The van der Waals surface area contributed by atoms with Crippen molar-refractivity contribution < 1.29 is 9.21 Å². The Balaban J connectivity index is 1.54. The molecule has 1 amide bonds. The van der Waals surface area contributed by atoms with Crippen LogP contribution in [0, 0.1) is 13.8 Å². The van der Waals surface area contributed by atoms with Crippen molar-refractivity contribution in [3.05, 3.63) is 65.2 Å². The molecule has 1 N–H and O–H groups in total. The molecule has 0 fully saturated rings. The molecular weight excluding hydrogens is 346 g/mol. The minimum absolute atomic E-state index is 0.0510. The lowest BCUT2D eigenvalue weighted by molar-refractivity contribution is -0.119. The van der Waals surface area contributed by atoms with Crippen molar-refractivity contribution in [3.8, 4) is 11.5 Å². The molecule has 1 atom stereocenters. The van der Waals surface area contributed by atoms with Crippen LogP contribution in [0.1, 0.15) is 29.7 Å².